The molecular formula is C24H25O2S2. The first kappa shape index (κ1) is 20.8. The molecule has 0 bridgehead atoms. The standard InChI is InChI=1S/C24H25O2S2/c1-3-27-28-19-18-26-24(20-10-6-4-7-11-20,21-12-8-5-9-13-21)22-14-16-23(25-2)17-15-22/h4-17H,1,3,18-19H2,2H3. The van der Waals surface area contributed by atoms with Gasteiger partial charge in [0.1, 0.15) is 11.4 Å². The topological polar surface area (TPSA) is 18.5 Å². The molecule has 0 atom stereocenters. The maximum atomic E-state index is 6.71. The normalized spacial score (nSPS) is 11.4. The summed E-state index contributed by atoms with van der Waals surface area (Å²) in [4.78, 5) is 0. The SMILES string of the molecule is [CH2]CSSCCOC(c1ccccc1)(c1ccccc1)c1ccc(OC)cc1. The first-order valence-electron chi connectivity index (χ1n) is 9.24. The van der Waals surface area contributed by atoms with E-state index in [1.807, 2.05) is 24.3 Å². The van der Waals surface area contributed by atoms with Gasteiger partial charge in [0.05, 0.1) is 13.7 Å². The smallest absolute Gasteiger partial charge is 0.143 e. The number of benzene rings is 3. The van der Waals surface area contributed by atoms with Gasteiger partial charge in [0, 0.05) is 11.5 Å². The molecule has 0 aliphatic heterocycles. The molecule has 0 fully saturated rings. The molecule has 3 aromatic carbocycles. The first-order valence-corrected chi connectivity index (χ1v) is 11.7. The molecule has 0 heterocycles. The van der Waals surface area contributed by atoms with Crippen LogP contribution in [0, 0.1) is 6.92 Å². The number of methoxy groups -OCH3 is 1. The lowest BCUT2D eigenvalue weighted by Crippen LogP contribution is -2.33. The fraction of sp³-hybridized carbons (Fsp3) is 0.208. The summed E-state index contributed by atoms with van der Waals surface area (Å²) in [6.45, 7) is 4.51. The molecule has 0 spiro atoms. The molecule has 0 aromatic heterocycles. The Balaban J connectivity index is 2.08. The van der Waals surface area contributed by atoms with Gasteiger partial charge in [0.25, 0.3) is 0 Å². The van der Waals surface area contributed by atoms with Crippen LogP contribution in [0.1, 0.15) is 16.7 Å². The van der Waals surface area contributed by atoms with Crippen LogP contribution in [0.5, 0.6) is 5.75 Å². The Morgan fingerprint density at radius 1 is 0.750 bits per heavy atom. The van der Waals surface area contributed by atoms with Crippen molar-refractivity contribution in [3.63, 3.8) is 0 Å². The highest BCUT2D eigenvalue weighted by atomic mass is 33.1. The molecule has 1 radical (unpaired) electrons. The van der Waals surface area contributed by atoms with Crippen LogP contribution in [-0.4, -0.2) is 25.2 Å². The molecule has 0 aliphatic carbocycles. The van der Waals surface area contributed by atoms with Crippen molar-refractivity contribution in [1.29, 1.82) is 0 Å². The van der Waals surface area contributed by atoms with E-state index in [0.717, 1.165) is 33.9 Å². The average Bonchev–Trinajstić information content (AvgIpc) is 2.78. The zero-order valence-corrected chi connectivity index (χ0v) is 17.7. The largest absolute Gasteiger partial charge is 0.497 e. The van der Waals surface area contributed by atoms with Gasteiger partial charge >= 0.3 is 0 Å². The summed E-state index contributed by atoms with van der Waals surface area (Å²) in [7, 11) is 5.24. The van der Waals surface area contributed by atoms with Gasteiger partial charge in [-0.1, -0.05) is 94.4 Å². The highest BCUT2D eigenvalue weighted by molar-refractivity contribution is 8.76. The van der Waals surface area contributed by atoms with Crippen LogP contribution in [0.4, 0.5) is 0 Å². The minimum absolute atomic E-state index is 0.632. The molecule has 0 unspecified atom stereocenters. The van der Waals surface area contributed by atoms with Gasteiger partial charge in [0.15, 0.2) is 0 Å². The molecule has 2 nitrogen and oxygen atoms in total. The van der Waals surface area contributed by atoms with E-state index in [-0.39, 0.29) is 0 Å². The van der Waals surface area contributed by atoms with Gasteiger partial charge < -0.3 is 9.47 Å². The van der Waals surface area contributed by atoms with Crippen molar-refractivity contribution in [1.82, 2.24) is 0 Å². The third-order valence-electron chi connectivity index (χ3n) is 4.51. The number of hydrogen-bond acceptors (Lipinski definition) is 4. The van der Waals surface area contributed by atoms with Gasteiger partial charge in [-0.3, -0.25) is 0 Å². The number of rotatable bonds is 10. The van der Waals surface area contributed by atoms with Crippen molar-refractivity contribution in [2.75, 3.05) is 25.2 Å². The van der Waals surface area contributed by atoms with E-state index in [1.165, 1.54) is 0 Å². The van der Waals surface area contributed by atoms with Gasteiger partial charge in [-0.15, -0.1) is 0 Å². The van der Waals surface area contributed by atoms with E-state index in [0.29, 0.717) is 6.61 Å². The maximum absolute atomic E-state index is 6.71. The van der Waals surface area contributed by atoms with Crippen molar-refractivity contribution in [2.24, 2.45) is 0 Å². The molecule has 0 saturated heterocycles. The highest BCUT2D eigenvalue weighted by Crippen LogP contribution is 2.41. The molecule has 0 N–H and O–H groups in total. The molecular weight excluding hydrogens is 384 g/mol. The molecule has 0 aliphatic rings. The van der Waals surface area contributed by atoms with Gasteiger partial charge in [-0.25, -0.2) is 0 Å². The van der Waals surface area contributed by atoms with E-state index >= 15 is 0 Å². The summed E-state index contributed by atoms with van der Waals surface area (Å²) in [5.74, 6) is 2.59. The van der Waals surface area contributed by atoms with Gasteiger partial charge in [-0.2, -0.15) is 0 Å². The number of hydrogen-bond donors (Lipinski definition) is 0. The summed E-state index contributed by atoms with van der Waals surface area (Å²) < 4.78 is 12.1. The minimum Gasteiger partial charge on any atom is -0.497 e. The molecule has 0 amide bonds. The van der Waals surface area contributed by atoms with Crippen molar-refractivity contribution in [3.05, 3.63) is 109 Å². The fourth-order valence-electron chi connectivity index (χ4n) is 3.27. The van der Waals surface area contributed by atoms with Gasteiger partial charge in [0.2, 0.25) is 0 Å². The van der Waals surface area contributed by atoms with Crippen molar-refractivity contribution in [2.45, 2.75) is 5.60 Å². The van der Waals surface area contributed by atoms with Crippen LogP contribution in [0.2, 0.25) is 0 Å². The lowest BCUT2D eigenvalue weighted by Gasteiger charge is -2.36. The minimum atomic E-state index is -0.676. The molecule has 3 rings (SSSR count). The molecule has 145 valence electrons. The summed E-state index contributed by atoms with van der Waals surface area (Å²) in [5.41, 5.74) is 2.63. The Kier molecular flexibility index (Phi) is 7.90. The summed E-state index contributed by atoms with van der Waals surface area (Å²) >= 11 is 0. The highest BCUT2D eigenvalue weighted by Gasteiger charge is 2.37. The van der Waals surface area contributed by atoms with Gasteiger partial charge in [-0.05, 0) is 35.7 Å². The Hall–Kier alpha value is -1.88. The quantitative estimate of drug-likeness (QED) is 0.225. The lowest BCUT2D eigenvalue weighted by molar-refractivity contribution is 0.0234. The molecule has 4 heteroatoms. The molecule has 28 heavy (non-hydrogen) atoms. The monoisotopic (exact) mass is 409 g/mol. The molecule has 0 saturated carbocycles. The Labute approximate surface area is 176 Å². The Bertz CT molecular complexity index is 781. The summed E-state index contributed by atoms with van der Waals surface area (Å²) in [6, 6.07) is 29.0. The van der Waals surface area contributed by atoms with Crippen LogP contribution in [-0.2, 0) is 10.3 Å². The van der Waals surface area contributed by atoms with E-state index < -0.39 is 5.60 Å². The van der Waals surface area contributed by atoms with E-state index in [4.69, 9.17) is 9.47 Å². The van der Waals surface area contributed by atoms with Crippen LogP contribution < -0.4 is 4.74 Å². The summed E-state index contributed by atoms with van der Waals surface area (Å²) in [5, 5.41) is 0. The predicted molar refractivity (Wildman–Crippen MR) is 122 cm³/mol. The van der Waals surface area contributed by atoms with E-state index in [2.05, 4.69) is 67.6 Å². The lowest BCUT2D eigenvalue weighted by atomic mass is 9.80. The second-order valence-electron chi connectivity index (χ2n) is 6.13. The average molecular weight is 410 g/mol. The van der Waals surface area contributed by atoms with Crippen molar-refractivity contribution >= 4 is 21.6 Å². The number of ether oxygens (including phenoxy) is 2. The van der Waals surface area contributed by atoms with Crippen LogP contribution >= 0.6 is 21.6 Å². The molecule has 3 aromatic rings. The van der Waals surface area contributed by atoms with Crippen LogP contribution in [0.15, 0.2) is 84.9 Å². The zero-order valence-electron chi connectivity index (χ0n) is 16.0. The van der Waals surface area contributed by atoms with Crippen molar-refractivity contribution in [3.8, 4) is 5.75 Å². The third-order valence-corrected chi connectivity index (χ3v) is 6.68. The Morgan fingerprint density at radius 2 is 1.29 bits per heavy atom. The fourth-order valence-corrected chi connectivity index (χ4v) is 4.57. The Morgan fingerprint density at radius 3 is 1.79 bits per heavy atom. The third kappa shape index (κ3) is 4.75. The second-order valence-corrected chi connectivity index (χ2v) is 8.84. The summed E-state index contributed by atoms with van der Waals surface area (Å²) in [6.07, 6.45) is 0. The van der Waals surface area contributed by atoms with E-state index in [9.17, 15) is 0 Å². The zero-order chi connectivity index (χ0) is 19.7. The second kappa shape index (κ2) is 10.6. The maximum Gasteiger partial charge on any atom is 0.143 e. The first-order chi connectivity index (χ1) is 13.8. The van der Waals surface area contributed by atoms with Crippen LogP contribution in [0.3, 0.4) is 0 Å². The van der Waals surface area contributed by atoms with Crippen LogP contribution in [0.25, 0.3) is 0 Å². The van der Waals surface area contributed by atoms with E-state index in [1.54, 1.807) is 28.7 Å². The van der Waals surface area contributed by atoms with Crippen molar-refractivity contribution < 1.29 is 9.47 Å². The predicted octanol–water partition coefficient (Wildman–Crippen LogP) is 6.22.